The van der Waals surface area contributed by atoms with Crippen LogP contribution in [0.5, 0.6) is 17.2 Å². The Morgan fingerprint density at radius 1 is 1.05 bits per heavy atom. The van der Waals surface area contributed by atoms with Crippen LogP contribution >= 0.6 is 23.2 Å². The maximum atomic E-state index is 10.1. The third-order valence-electron chi connectivity index (χ3n) is 2.84. The van der Waals surface area contributed by atoms with E-state index < -0.39 is 5.75 Å². The van der Waals surface area contributed by atoms with Crippen LogP contribution in [-0.2, 0) is 0 Å². The second kappa shape index (κ2) is 5.93. The predicted octanol–water partition coefficient (Wildman–Crippen LogP) is 4.54. The van der Waals surface area contributed by atoms with Crippen LogP contribution in [0.1, 0.15) is 16.7 Å². The van der Waals surface area contributed by atoms with Crippen LogP contribution in [0.3, 0.4) is 0 Å². The molecule has 2 aromatic rings. The van der Waals surface area contributed by atoms with Gasteiger partial charge in [0, 0.05) is 0 Å². The third-order valence-corrected chi connectivity index (χ3v) is 3.57. The zero-order valence-electron chi connectivity index (χ0n) is 10.8. The first-order valence-electron chi connectivity index (χ1n) is 5.78. The van der Waals surface area contributed by atoms with Gasteiger partial charge >= 0.3 is 0 Å². The molecule has 0 aliphatic carbocycles. The van der Waals surface area contributed by atoms with E-state index in [9.17, 15) is 5.11 Å². The molecule has 0 heterocycles. The lowest BCUT2D eigenvalue weighted by molar-refractivity contribution is 0.410. The number of para-hydroxylation sites is 1. The van der Waals surface area contributed by atoms with E-state index in [1.54, 1.807) is 24.3 Å². The Bertz CT molecular complexity index is 805. The third kappa shape index (κ3) is 2.60. The summed E-state index contributed by atoms with van der Waals surface area (Å²) in [7, 11) is 0. The molecule has 0 radical (unpaired) electrons. The lowest BCUT2D eigenvalue weighted by Gasteiger charge is -2.14. The van der Waals surface area contributed by atoms with Gasteiger partial charge in [0.25, 0.3) is 0 Å². The minimum Gasteiger partial charge on any atom is -0.503 e. The average molecular weight is 319 g/mol. The summed E-state index contributed by atoms with van der Waals surface area (Å²) in [6.07, 6.45) is 0. The Balaban J connectivity index is 2.67. The molecule has 0 saturated carbocycles. The molecule has 0 aliphatic heterocycles. The van der Waals surface area contributed by atoms with Crippen LogP contribution in [-0.4, -0.2) is 5.11 Å². The molecule has 0 atom stereocenters. The number of hydrogen-bond acceptors (Lipinski definition) is 4. The van der Waals surface area contributed by atoms with Gasteiger partial charge in [0.15, 0.2) is 11.5 Å². The van der Waals surface area contributed by atoms with Crippen LogP contribution in [0.4, 0.5) is 0 Å². The Kier molecular flexibility index (Phi) is 4.23. The number of rotatable bonds is 2. The summed E-state index contributed by atoms with van der Waals surface area (Å²) >= 11 is 12.0. The fourth-order valence-corrected chi connectivity index (χ4v) is 2.23. The fourth-order valence-electron chi connectivity index (χ4n) is 1.74. The van der Waals surface area contributed by atoms with Crippen LogP contribution in [0.15, 0.2) is 24.3 Å². The average Bonchev–Trinajstić information content (AvgIpc) is 2.48. The molecule has 2 aromatic carbocycles. The molecule has 0 saturated heterocycles. The van der Waals surface area contributed by atoms with Crippen LogP contribution in [0.25, 0.3) is 0 Å². The van der Waals surface area contributed by atoms with Crippen molar-refractivity contribution in [3.63, 3.8) is 0 Å². The topological polar surface area (TPSA) is 77.0 Å². The zero-order chi connectivity index (χ0) is 15.6. The zero-order valence-corrected chi connectivity index (χ0v) is 12.3. The highest BCUT2D eigenvalue weighted by molar-refractivity contribution is 6.37. The lowest BCUT2D eigenvalue weighted by Crippen LogP contribution is -1.95. The number of hydrogen-bond donors (Lipinski definition) is 1. The van der Waals surface area contributed by atoms with Crippen LogP contribution in [0.2, 0.25) is 10.0 Å². The molecule has 21 heavy (non-hydrogen) atoms. The lowest BCUT2D eigenvalue weighted by atomic mass is 10.1. The number of phenols is 1. The van der Waals surface area contributed by atoms with E-state index in [4.69, 9.17) is 38.5 Å². The van der Waals surface area contributed by atoms with Gasteiger partial charge in [-0.25, -0.2) is 0 Å². The predicted molar refractivity (Wildman–Crippen MR) is 78.8 cm³/mol. The Morgan fingerprint density at radius 2 is 1.62 bits per heavy atom. The van der Waals surface area contributed by atoms with Crippen molar-refractivity contribution in [2.75, 3.05) is 0 Å². The monoisotopic (exact) mass is 318 g/mol. The van der Waals surface area contributed by atoms with Crippen molar-refractivity contribution < 1.29 is 9.84 Å². The quantitative estimate of drug-likeness (QED) is 0.881. The Hall–Kier alpha value is -2.40. The highest BCUT2D eigenvalue weighted by Gasteiger charge is 2.24. The molecule has 2 rings (SSSR count). The van der Waals surface area contributed by atoms with Gasteiger partial charge in [0.2, 0.25) is 0 Å². The number of ether oxygens (including phenoxy) is 1. The highest BCUT2D eigenvalue weighted by Crippen LogP contribution is 2.46. The maximum absolute atomic E-state index is 10.1. The van der Waals surface area contributed by atoms with Crippen molar-refractivity contribution in [1.82, 2.24) is 0 Å². The summed E-state index contributed by atoms with van der Waals surface area (Å²) in [5, 5.41) is 27.8. The molecule has 0 spiro atoms. The van der Waals surface area contributed by atoms with Gasteiger partial charge in [-0.05, 0) is 18.6 Å². The summed E-state index contributed by atoms with van der Waals surface area (Å²) in [6, 6.07) is 10.6. The van der Waals surface area contributed by atoms with Crippen molar-refractivity contribution in [2.24, 2.45) is 0 Å². The fraction of sp³-hybridized carbons (Fsp3) is 0.0667. The van der Waals surface area contributed by atoms with Crippen molar-refractivity contribution in [3.05, 3.63) is 51.0 Å². The first-order chi connectivity index (χ1) is 10.0. The largest absolute Gasteiger partial charge is 0.503 e. The SMILES string of the molecule is Cc1ccccc1Oc1c(O)c(Cl)c(C#N)c(C#N)c1Cl. The number of phenolic OH excluding ortho intramolecular Hbond substituents is 1. The number of halogens is 2. The van der Waals surface area contributed by atoms with Gasteiger partial charge in [0.1, 0.15) is 27.9 Å². The molecule has 0 unspecified atom stereocenters. The minimum atomic E-state index is -0.472. The number of nitriles is 2. The first-order valence-corrected chi connectivity index (χ1v) is 6.54. The highest BCUT2D eigenvalue weighted by atomic mass is 35.5. The summed E-state index contributed by atoms with van der Waals surface area (Å²) in [6.45, 7) is 1.82. The van der Waals surface area contributed by atoms with E-state index >= 15 is 0 Å². The standard InChI is InChI=1S/C15H8Cl2N2O2/c1-8-4-2-3-5-11(8)21-15-13(17)10(7-19)9(6-18)12(16)14(15)20/h2-5,20H,1H3. The van der Waals surface area contributed by atoms with Crippen molar-refractivity contribution >= 4 is 23.2 Å². The smallest absolute Gasteiger partial charge is 0.190 e. The molecule has 4 nitrogen and oxygen atoms in total. The molecule has 0 bridgehead atoms. The normalized spacial score (nSPS) is 9.76. The first kappa shape index (κ1) is 15.0. The molecule has 0 amide bonds. The number of nitrogens with zero attached hydrogens (tertiary/aromatic N) is 2. The molecule has 0 fully saturated rings. The number of aryl methyl sites for hydroxylation is 1. The van der Waals surface area contributed by atoms with E-state index in [0.29, 0.717) is 5.75 Å². The Labute approximate surface area is 131 Å². The molecule has 0 aliphatic rings. The van der Waals surface area contributed by atoms with E-state index in [1.165, 1.54) is 0 Å². The second-order valence-corrected chi connectivity index (χ2v) is 4.90. The molecule has 104 valence electrons. The Morgan fingerprint density at radius 3 is 2.19 bits per heavy atom. The van der Waals surface area contributed by atoms with E-state index in [2.05, 4.69) is 0 Å². The van der Waals surface area contributed by atoms with Gasteiger partial charge in [-0.3, -0.25) is 0 Å². The number of benzene rings is 2. The summed E-state index contributed by atoms with van der Waals surface area (Å²) in [5.41, 5.74) is 0.497. The second-order valence-electron chi connectivity index (χ2n) is 4.15. The van der Waals surface area contributed by atoms with Crippen molar-refractivity contribution in [3.8, 4) is 29.4 Å². The molecule has 6 heteroatoms. The number of aromatic hydroxyl groups is 1. The van der Waals surface area contributed by atoms with Gasteiger partial charge in [-0.1, -0.05) is 41.4 Å². The maximum Gasteiger partial charge on any atom is 0.190 e. The summed E-state index contributed by atoms with van der Waals surface area (Å²) in [4.78, 5) is 0. The van der Waals surface area contributed by atoms with Gasteiger partial charge in [0.05, 0.1) is 11.1 Å². The van der Waals surface area contributed by atoms with Gasteiger partial charge < -0.3 is 9.84 Å². The molecular weight excluding hydrogens is 311 g/mol. The van der Waals surface area contributed by atoms with E-state index in [1.807, 2.05) is 19.1 Å². The molecule has 1 N–H and O–H groups in total. The summed E-state index contributed by atoms with van der Waals surface area (Å²) < 4.78 is 5.57. The van der Waals surface area contributed by atoms with Crippen molar-refractivity contribution in [1.29, 1.82) is 10.5 Å². The summed E-state index contributed by atoms with van der Waals surface area (Å²) in [5.74, 6) is -0.161. The van der Waals surface area contributed by atoms with Crippen molar-refractivity contribution in [2.45, 2.75) is 6.92 Å². The van der Waals surface area contributed by atoms with E-state index in [-0.39, 0.29) is 26.9 Å². The van der Waals surface area contributed by atoms with E-state index in [0.717, 1.165) is 5.56 Å². The van der Waals surface area contributed by atoms with Crippen LogP contribution < -0.4 is 4.74 Å². The van der Waals surface area contributed by atoms with Gasteiger partial charge in [-0.2, -0.15) is 10.5 Å². The molecule has 0 aromatic heterocycles. The molecular formula is C15H8Cl2N2O2. The van der Waals surface area contributed by atoms with Gasteiger partial charge in [-0.15, -0.1) is 0 Å². The van der Waals surface area contributed by atoms with Crippen LogP contribution in [0, 0.1) is 29.6 Å². The minimum absolute atomic E-state index is 0.134.